The van der Waals surface area contributed by atoms with Gasteiger partial charge >= 0.3 is 5.97 Å². The summed E-state index contributed by atoms with van der Waals surface area (Å²) in [7, 11) is 0. The van der Waals surface area contributed by atoms with E-state index in [0.717, 1.165) is 67.9 Å². The summed E-state index contributed by atoms with van der Waals surface area (Å²) in [5.41, 5.74) is 2.89. The molecular weight excluding hydrogens is 587 g/mol. The first-order valence-electron chi connectivity index (χ1n) is 15.1. The molecule has 0 bridgehead atoms. The maximum absolute atomic E-state index is 14.9. The van der Waals surface area contributed by atoms with E-state index in [9.17, 15) is 14.3 Å². The maximum Gasteiger partial charge on any atom is 0.335 e. The number of aromatic carboxylic acids is 1. The average molecular weight is 619 g/mol. The van der Waals surface area contributed by atoms with Crippen molar-refractivity contribution < 1.29 is 28.5 Å². The summed E-state index contributed by atoms with van der Waals surface area (Å²) in [4.78, 5) is 23.9. The molecule has 0 amide bonds. The first kappa shape index (κ1) is 27.8. The van der Waals surface area contributed by atoms with Crippen molar-refractivity contribution in [2.24, 2.45) is 5.92 Å². The fourth-order valence-electron chi connectivity index (χ4n) is 7.45. The highest BCUT2D eigenvalue weighted by molar-refractivity contribution is 6.30. The quantitative estimate of drug-likeness (QED) is 0.273. The molecule has 228 valence electrons. The smallest absolute Gasteiger partial charge is 0.335 e. The Balaban J connectivity index is 1.05. The van der Waals surface area contributed by atoms with Crippen molar-refractivity contribution in [3.05, 3.63) is 82.1 Å². The number of hydrogen-bond donors (Lipinski definition) is 1. The molecule has 8 rings (SSSR count). The van der Waals surface area contributed by atoms with Gasteiger partial charge in [-0.3, -0.25) is 9.88 Å². The fourth-order valence-corrected chi connectivity index (χ4v) is 7.60. The predicted molar refractivity (Wildman–Crippen MR) is 160 cm³/mol. The SMILES string of the molecule is CC1(c2ccc(Cl)cc2F)Oc2ccnc(C34CCC3CN(Cc3nc5ccc(C(=O)O)cc5n3C[C@@H]3CCO3)CC4)c2O1. The van der Waals surface area contributed by atoms with Gasteiger partial charge in [0.25, 0.3) is 5.79 Å². The molecule has 4 aromatic rings. The molecule has 1 aliphatic carbocycles. The van der Waals surface area contributed by atoms with Crippen LogP contribution in [0.1, 0.15) is 60.0 Å². The molecule has 44 heavy (non-hydrogen) atoms. The van der Waals surface area contributed by atoms with E-state index in [1.807, 2.05) is 0 Å². The Kier molecular flexibility index (Phi) is 6.41. The van der Waals surface area contributed by atoms with E-state index in [-0.39, 0.29) is 22.6 Å². The number of hydrogen-bond acceptors (Lipinski definition) is 7. The molecule has 2 aromatic carbocycles. The number of likely N-dealkylation sites (tertiary alicyclic amines) is 1. The number of imidazole rings is 1. The molecule has 3 fully saturated rings. The lowest BCUT2D eigenvalue weighted by Crippen LogP contribution is -2.56. The third-order valence-corrected chi connectivity index (χ3v) is 10.3. The summed E-state index contributed by atoms with van der Waals surface area (Å²) in [6, 6.07) is 11.4. The van der Waals surface area contributed by atoms with Crippen LogP contribution in [0, 0.1) is 11.7 Å². The van der Waals surface area contributed by atoms with Crippen LogP contribution in [0.4, 0.5) is 4.39 Å². The van der Waals surface area contributed by atoms with Crippen molar-refractivity contribution >= 4 is 28.6 Å². The first-order valence-corrected chi connectivity index (χ1v) is 15.5. The molecule has 0 radical (unpaired) electrons. The van der Waals surface area contributed by atoms with Crippen LogP contribution in [0.3, 0.4) is 0 Å². The summed E-state index contributed by atoms with van der Waals surface area (Å²) in [5, 5.41) is 9.89. The van der Waals surface area contributed by atoms with E-state index < -0.39 is 17.6 Å². The van der Waals surface area contributed by atoms with E-state index in [0.29, 0.717) is 35.5 Å². The zero-order valence-corrected chi connectivity index (χ0v) is 25.0. The predicted octanol–water partition coefficient (Wildman–Crippen LogP) is 5.91. The van der Waals surface area contributed by atoms with Crippen LogP contribution in [-0.4, -0.2) is 56.3 Å². The number of nitrogens with zero attached hydrogens (tertiary/aromatic N) is 4. The van der Waals surface area contributed by atoms with Crippen molar-refractivity contribution in [1.29, 1.82) is 0 Å². The van der Waals surface area contributed by atoms with E-state index >= 15 is 0 Å². The van der Waals surface area contributed by atoms with Crippen LogP contribution in [0.2, 0.25) is 5.02 Å². The van der Waals surface area contributed by atoms with Gasteiger partial charge in [-0.15, -0.1) is 0 Å². The molecule has 2 aromatic heterocycles. The fraction of sp³-hybridized carbons (Fsp3) is 0.424. The number of carboxylic acid groups (broad SMARTS) is 1. The van der Waals surface area contributed by atoms with E-state index in [4.69, 9.17) is 35.8 Å². The van der Waals surface area contributed by atoms with Crippen molar-refractivity contribution in [3.8, 4) is 11.5 Å². The molecule has 1 N–H and O–H groups in total. The standard InChI is InChI=1S/C33H32ClFN4O5/c1-32(23-4-3-21(34)15-24(23)35)43-27-7-11-36-30(29(27)44-32)33-9-6-20(33)16-38(12-10-33)18-28-37-25-5-2-19(31(40)41)14-26(25)39(28)17-22-8-13-42-22/h2-5,7,11,14-15,20,22H,6,8-10,12-13,16-18H2,1H3,(H,40,41)/t20?,22-,32?,33?/m0/s1. The number of pyridine rings is 1. The second kappa shape index (κ2) is 10.2. The Labute approximate surface area is 258 Å². The Morgan fingerprint density at radius 2 is 2.02 bits per heavy atom. The van der Waals surface area contributed by atoms with Gasteiger partial charge in [0.15, 0.2) is 11.5 Å². The van der Waals surface area contributed by atoms with Gasteiger partial charge in [0.2, 0.25) is 0 Å². The second-order valence-electron chi connectivity index (χ2n) is 12.6. The summed E-state index contributed by atoms with van der Waals surface area (Å²) in [6.45, 7) is 5.50. The van der Waals surface area contributed by atoms with Gasteiger partial charge in [0, 0.05) is 42.8 Å². The molecule has 3 aliphatic heterocycles. The van der Waals surface area contributed by atoms with Gasteiger partial charge in [0.1, 0.15) is 11.6 Å². The minimum atomic E-state index is -1.32. The second-order valence-corrected chi connectivity index (χ2v) is 13.0. The van der Waals surface area contributed by atoms with Gasteiger partial charge in [-0.05, 0) is 74.5 Å². The Morgan fingerprint density at radius 1 is 1.16 bits per heavy atom. The topological polar surface area (TPSA) is 98.9 Å². The maximum atomic E-state index is 14.9. The Morgan fingerprint density at radius 3 is 2.73 bits per heavy atom. The van der Waals surface area contributed by atoms with Crippen molar-refractivity contribution in [2.75, 3.05) is 19.7 Å². The van der Waals surface area contributed by atoms with Crippen LogP contribution in [0.25, 0.3) is 11.0 Å². The number of ether oxygens (including phenoxy) is 3. The summed E-state index contributed by atoms with van der Waals surface area (Å²) in [6.07, 6.45) is 5.82. The molecule has 4 aliphatic rings. The Bertz CT molecular complexity index is 1810. The van der Waals surface area contributed by atoms with Gasteiger partial charge in [0.05, 0.1) is 47.0 Å². The van der Waals surface area contributed by atoms with E-state index in [2.05, 4.69) is 9.47 Å². The lowest BCUT2D eigenvalue weighted by atomic mass is 9.54. The Hall–Kier alpha value is -3.73. The third kappa shape index (κ3) is 4.37. The number of benzene rings is 2. The number of carboxylic acids is 1. The van der Waals surface area contributed by atoms with Crippen molar-refractivity contribution in [1.82, 2.24) is 19.4 Å². The summed E-state index contributed by atoms with van der Waals surface area (Å²) >= 11 is 6.00. The molecule has 4 atom stereocenters. The zero-order chi connectivity index (χ0) is 30.2. The van der Waals surface area contributed by atoms with Crippen LogP contribution in [-0.2, 0) is 29.0 Å². The molecule has 3 unspecified atom stereocenters. The molecular formula is C33H32ClFN4O5. The molecule has 1 saturated carbocycles. The number of carbonyl (C=O) groups is 1. The number of piperidine rings is 1. The summed E-state index contributed by atoms with van der Waals surface area (Å²) < 4.78 is 35.5. The monoisotopic (exact) mass is 618 g/mol. The molecule has 2 saturated heterocycles. The van der Waals surface area contributed by atoms with Crippen molar-refractivity contribution in [2.45, 2.75) is 63.0 Å². The number of rotatable bonds is 7. The van der Waals surface area contributed by atoms with Crippen molar-refractivity contribution in [3.63, 3.8) is 0 Å². The number of fused-ring (bicyclic) bond motifs is 3. The van der Waals surface area contributed by atoms with E-state index in [1.165, 1.54) is 6.07 Å². The lowest BCUT2D eigenvalue weighted by Gasteiger charge is -2.55. The first-order chi connectivity index (χ1) is 21.2. The normalized spacial score (nSPS) is 27.5. The highest BCUT2D eigenvalue weighted by Crippen LogP contribution is 2.59. The molecule has 0 spiro atoms. The average Bonchev–Trinajstić information content (AvgIpc) is 3.48. The van der Waals surface area contributed by atoms with Crippen LogP contribution in [0.5, 0.6) is 11.5 Å². The third-order valence-electron chi connectivity index (χ3n) is 10.1. The number of aromatic nitrogens is 3. The largest absolute Gasteiger partial charge is 0.478 e. The highest BCUT2D eigenvalue weighted by Gasteiger charge is 2.55. The van der Waals surface area contributed by atoms with Crippen LogP contribution < -0.4 is 9.47 Å². The highest BCUT2D eigenvalue weighted by atomic mass is 35.5. The minimum absolute atomic E-state index is 0.112. The van der Waals surface area contributed by atoms with Gasteiger partial charge in [-0.1, -0.05) is 11.6 Å². The summed E-state index contributed by atoms with van der Waals surface area (Å²) in [5.74, 6) is -0.307. The molecule has 11 heteroatoms. The molecule has 5 heterocycles. The lowest BCUT2D eigenvalue weighted by molar-refractivity contribution is -0.0731. The zero-order valence-electron chi connectivity index (χ0n) is 24.3. The van der Waals surface area contributed by atoms with Crippen LogP contribution >= 0.6 is 11.6 Å². The molecule has 9 nitrogen and oxygen atoms in total. The van der Waals surface area contributed by atoms with Crippen LogP contribution in [0.15, 0.2) is 48.7 Å². The van der Waals surface area contributed by atoms with Gasteiger partial charge < -0.3 is 23.9 Å². The minimum Gasteiger partial charge on any atom is -0.478 e. The van der Waals surface area contributed by atoms with Gasteiger partial charge in [-0.25, -0.2) is 14.2 Å². The van der Waals surface area contributed by atoms with Gasteiger partial charge in [-0.2, -0.15) is 0 Å². The number of halogens is 2. The van der Waals surface area contributed by atoms with E-state index in [1.54, 1.807) is 49.5 Å².